The van der Waals surface area contributed by atoms with Gasteiger partial charge in [-0.25, -0.2) is 4.98 Å². The summed E-state index contributed by atoms with van der Waals surface area (Å²) in [6.45, 7) is 2.79. The fourth-order valence-electron chi connectivity index (χ4n) is 2.93. The van der Waals surface area contributed by atoms with Crippen molar-refractivity contribution in [3.63, 3.8) is 0 Å². The van der Waals surface area contributed by atoms with Crippen LogP contribution in [0.4, 0.5) is 13.2 Å². The normalized spacial score (nSPS) is 11.8. The van der Waals surface area contributed by atoms with Crippen LogP contribution < -0.4 is 10.6 Å². The van der Waals surface area contributed by atoms with Crippen LogP contribution in [0.25, 0.3) is 22.4 Å². The lowest BCUT2D eigenvalue weighted by Gasteiger charge is -2.13. The number of halogens is 3. The van der Waals surface area contributed by atoms with Gasteiger partial charge in [0.25, 0.3) is 11.6 Å². The Morgan fingerprint density at radius 1 is 1.21 bits per heavy atom. The summed E-state index contributed by atoms with van der Waals surface area (Å²) in [5.41, 5.74) is -0.323. The Balaban J connectivity index is 2.09. The third-order valence-corrected chi connectivity index (χ3v) is 4.26. The highest BCUT2D eigenvalue weighted by Gasteiger charge is 2.34. The molecule has 0 saturated carbocycles. The van der Waals surface area contributed by atoms with Gasteiger partial charge < -0.3 is 15.2 Å². The summed E-state index contributed by atoms with van der Waals surface area (Å²) in [5.74, 6) is -0.416. The predicted octanol–water partition coefficient (Wildman–Crippen LogP) is 3.56. The second-order valence-electron chi connectivity index (χ2n) is 6.26. The average molecular weight is 392 g/mol. The van der Waals surface area contributed by atoms with Gasteiger partial charge in [0.15, 0.2) is 0 Å². The van der Waals surface area contributed by atoms with Gasteiger partial charge in [-0.15, -0.1) is 0 Å². The molecule has 2 heterocycles. The summed E-state index contributed by atoms with van der Waals surface area (Å²) in [6, 6.07) is 6.43. The number of pyridine rings is 1. The number of rotatable bonds is 6. The van der Waals surface area contributed by atoms with E-state index in [0.717, 1.165) is 12.6 Å². The number of carbonyl (C=O) groups excluding carboxylic acids is 1. The van der Waals surface area contributed by atoms with Crippen molar-refractivity contribution in [2.24, 2.45) is 0 Å². The van der Waals surface area contributed by atoms with Crippen molar-refractivity contribution in [1.82, 2.24) is 20.8 Å². The number of amides is 1. The molecule has 0 saturated heterocycles. The van der Waals surface area contributed by atoms with Crippen molar-refractivity contribution in [1.29, 1.82) is 0 Å². The van der Waals surface area contributed by atoms with Crippen LogP contribution in [0.1, 0.15) is 28.0 Å². The van der Waals surface area contributed by atoms with Crippen molar-refractivity contribution in [2.45, 2.75) is 19.5 Å². The molecular weight excluding hydrogens is 373 g/mol. The van der Waals surface area contributed by atoms with Crippen LogP contribution in [0.15, 0.2) is 34.9 Å². The number of nitrogens with zero attached hydrogens (tertiary/aromatic N) is 2. The number of nitrogens with one attached hydrogen (secondary N) is 2. The minimum atomic E-state index is -4.56. The SMILES string of the molecule is CNCCCNC(=O)c1cc(-c2ccccc2C(F)(F)F)nc2onc(C)c12. The largest absolute Gasteiger partial charge is 0.417 e. The molecule has 0 aliphatic carbocycles. The summed E-state index contributed by atoms with van der Waals surface area (Å²) in [4.78, 5) is 16.9. The molecule has 28 heavy (non-hydrogen) atoms. The van der Waals surface area contributed by atoms with Gasteiger partial charge in [0.05, 0.1) is 27.9 Å². The lowest BCUT2D eigenvalue weighted by atomic mass is 10.0. The molecule has 0 aliphatic rings. The Labute approximate surface area is 159 Å². The van der Waals surface area contributed by atoms with Gasteiger partial charge in [-0.05, 0) is 39.1 Å². The monoisotopic (exact) mass is 392 g/mol. The van der Waals surface area contributed by atoms with Crippen LogP contribution in [0.5, 0.6) is 0 Å². The maximum Gasteiger partial charge on any atom is 0.417 e. The van der Waals surface area contributed by atoms with Crippen molar-refractivity contribution in [2.75, 3.05) is 20.1 Å². The minimum Gasteiger partial charge on any atom is -0.352 e. The van der Waals surface area contributed by atoms with Crippen molar-refractivity contribution in [3.05, 3.63) is 47.2 Å². The van der Waals surface area contributed by atoms with E-state index in [2.05, 4.69) is 20.8 Å². The van der Waals surface area contributed by atoms with E-state index in [1.165, 1.54) is 24.3 Å². The first-order valence-corrected chi connectivity index (χ1v) is 8.69. The Morgan fingerprint density at radius 2 is 1.96 bits per heavy atom. The molecule has 0 fully saturated rings. The van der Waals surface area contributed by atoms with Crippen LogP contribution in [-0.4, -0.2) is 36.2 Å². The van der Waals surface area contributed by atoms with E-state index in [1.807, 2.05) is 0 Å². The molecule has 0 bridgehead atoms. The number of alkyl halides is 3. The smallest absolute Gasteiger partial charge is 0.352 e. The lowest BCUT2D eigenvalue weighted by molar-refractivity contribution is -0.137. The molecule has 2 N–H and O–H groups in total. The molecule has 0 unspecified atom stereocenters. The first kappa shape index (κ1) is 19.8. The summed E-state index contributed by atoms with van der Waals surface area (Å²) in [5, 5.41) is 9.94. The Hall–Kier alpha value is -2.94. The molecule has 2 aromatic heterocycles. The first-order valence-electron chi connectivity index (χ1n) is 8.69. The van der Waals surface area contributed by atoms with Crippen LogP contribution in [0, 0.1) is 6.92 Å². The summed E-state index contributed by atoms with van der Waals surface area (Å²) in [7, 11) is 1.80. The van der Waals surface area contributed by atoms with E-state index in [9.17, 15) is 18.0 Å². The van der Waals surface area contributed by atoms with Crippen LogP contribution in [0.2, 0.25) is 0 Å². The van der Waals surface area contributed by atoms with Gasteiger partial charge in [0.1, 0.15) is 0 Å². The fraction of sp³-hybridized carbons (Fsp3) is 0.316. The highest BCUT2D eigenvalue weighted by molar-refractivity contribution is 6.07. The van der Waals surface area contributed by atoms with Crippen molar-refractivity contribution < 1.29 is 22.5 Å². The number of benzene rings is 1. The summed E-state index contributed by atoms with van der Waals surface area (Å²) < 4.78 is 45.3. The molecular formula is C19H19F3N4O2. The van der Waals surface area contributed by atoms with Crippen molar-refractivity contribution >= 4 is 17.0 Å². The van der Waals surface area contributed by atoms with Crippen LogP contribution in [-0.2, 0) is 6.18 Å². The Kier molecular flexibility index (Phi) is 5.64. The van der Waals surface area contributed by atoms with E-state index >= 15 is 0 Å². The maximum absolute atomic E-state index is 13.4. The molecule has 9 heteroatoms. The number of aryl methyl sites for hydroxylation is 1. The molecule has 0 spiro atoms. The fourth-order valence-corrected chi connectivity index (χ4v) is 2.93. The van der Waals surface area contributed by atoms with E-state index in [0.29, 0.717) is 24.0 Å². The molecule has 1 aromatic carbocycles. The van der Waals surface area contributed by atoms with Gasteiger partial charge in [0, 0.05) is 12.1 Å². The highest BCUT2D eigenvalue weighted by Crippen LogP contribution is 2.37. The maximum atomic E-state index is 13.4. The zero-order valence-electron chi connectivity index (χ0n) is 15.4. The zero-order chi connectivity index (χ0) is 20.3. The number of aromatic nitrogens is 2. The average Bonchev–Trinajstić information content (AvgIpc) is 3.04. The molecule has 148 valence electrons. The van der Waals surface area contributed by atoms with Gasteiger partial charge in [0.2, 0.25) is 0 Å². The third kappa shape index (κ3) is 3.99. The first-order chi connectivity index (χ1) is 13.3. The highest BCUT2D eigenvalue weighted by atomic mass is 19.4. The molecule has 3 rings (SSSR count). The van der Waals surface area contributed by atoms with Gasteiger partial charge >= 0.3 is 6.18 Å². The molecule has 0 atom stereocenters. The quantitative estimate of drug-likeness (QED) is 0.627. The Bertz CT molecular complexity index is 998. The molecule has 1 amide bonds. The molecule has 3 aromatic rings. The number of hydrogen-bond acceptors (Lipinski definition) is 5. The van der Waals surface area contributed by atoms with Crippen LogP contribution >= 0.6 is 0 Å². The molecule has 0 aliphatic heterocycles. The van der Waals surface area contributed by atoms with Gasteiger partial charge in [-0.2, -0.15) is 13.2 Å². The van der Waals surface area contributed by atoms with Crippen molar-refractivity contribution in [3.8, 4) is 11.3 Å². The summed E-state index contributed by atoms with van der Waals surface area (Å²) in [6.07, 6.45) is -3.84. The van der Waals surface area contributed by atoms with Gasteiger partial charge in [-0.1, -0.05) is 23.4 Å². The number of hydrogen-bond donors (Lipinski definition) is 2. The van der Waals surface area contributed by atoms with Gasteiger partial charge in [-0.3, -0.25) is 4.79 Å². The second kappa shape index (κ2) is 7.97. The van der Waals surface area contributed by atoms with E-state index in [1.54, 1.807) is 14.0 Å². The standard InChI is InChI=1S/C19H19F3N4O2/c1-11-16-13(17(27)24-9-5-8-23-2)10-15(25-18(16)28-26-11)12-6-3-4-7-14(12)19(20,21)22/h3-4,6-7,10,23H,5,8-9H2,1-2H3,(H,24,27). The summed E-state index contributed by atoms with van der Waals surface area (Å²) >= 11 is 0. The topological polar surface area (TPSA) is 80.0 Å². The minimum absolute atomic E-state index is 0.00282. The number of fused-ring (bicyclic) bond motifs is 1. The lowest BCUT2D eigenvalue weighted by Crippen LogP contribution is -2.27. The molecule has 6 nitrogen and oxygen atoms in total. The zero-order valence-corrected chi connectivity index (χ0v) is 15.4. The molecule has 0 radical (unpaired) electrons. The second-order valence-corrected chi connectivity index (χ2v) is 6.26. The van der Waals surface area contributed by atoms with E-state index < -0.39 is 17.6 Å². The van der Waals surface area contributed by atoms with E-state index in [-0.39, 0.29) is 22.5 Å². The number of carbonyl (C=O) groups is 1. The van der Waals surface area contributed by atoms with E-state index in [4.69, 9.17) is 4.52 Å². The van der Waals surface area contributed by atoms with Crippen LogP contribution in [0.3, 0.4) is 0 Å². The third-order valence-electron chi connectivity index (χ3n) is 4.26. The predicted molar refractivity (Wildman–Crippen MR) is 97.9 cm³/mol. The Morgan fingerprint density at radius 3 is 2.68 bits per heavy atom.